The van der Waals surface area contributed by atoms with Crippen molar-refractivity contribution in [1.82, 2.24) is 20.1 Å². The van der Waals surface area contributed by atoms with Crippen LogP contribution in [-0.4, -0.2) is 66.4 Å². The number of ether oxygens (including phenoxy) is 2. The van der Waals surface area contributed by atoms with Gasteiger partial charge in [-0.25, -0.2) is 15.0 Å². The summed E-state index contributed by atoms with van der Waals surface area (Å²) in [4.78, 5) is 26.3. The van der Waals surface area contributed by atoms with E-state index in [1.165, 1.54) is 11.4 Å². The Labute approximate surface area is 169 Å². The molecule has 0 spiro atoms. The van der Waals surface area contributed by atoms with Crippen molar-refractivity contribution in [2.24, 2.45) is 5.92 Å². The first-order valence-corrected chi connectivity index (χ1v) is 9.87. The van der Waals surface area contributed by atoms with Crippen molar-refractivity contribution >= 4 is 22.6 Å². The molecule has 2 aliphatic rings. The first-order chi connectivity index (χ1) is 14.0. The minimum Gasteiger partial charge on any atom is -0.493 e. The number of carbonyl (C=O) groups excluding carboxylic acids is 1. The van der Waals surface area contributed by atoms with Crippen molar-refractivity contribution in [3.63, 3.8) is 0 Å². The zero-order chi connectivity index (χ0) is 20.5. The lowest BCUT2D eigenvalue weighted by Gasteiger charge is -2.32. The average Bonchev–Trinajstić information content (AvgIpc) is 2.99. The number of amides is 1. The second-order valence-electron chi connectivity index (χ2n) is 7.56. The number of nitrogens with zero attached hydrogens (tertiary/aromatic N) is 4. The van der Waals surface area contributed by atoms with E-state index in [0.29, 0.717) is 11.5 Å². The molecule has 1 aromatic heterocycles. The summed E-state index contributed by atoms with van der Waals surface area (Å²) in [6.07, 6.45) is 5.15. The molecule has 1 aliphatic heterocycles. The fraction of sp³-hybridized carbons (Fsp3) is 0.550. The van der Waals surface area contributed by atoms with Gasteiger partial charge < -0.3 is 14.8 Å². The number of benzene rings is 1. The monoisotopic (exact) mass is 401 g/mol. The van der Waals surface area contributed by atoms with Crippen LogP contribution in [0.25, 0.3) is 10.9 Å². The van der Waals surface area contributed by atoms with Gasteiger partial charge in [0.2, 0.25) is 0 Å². The molecule has 0 radical (unpaired) electrons. The van der Waals surface area contributed by atoms with Gasteiger partial charge in [0.25, 0.3) is 5.91 Å². The normalized spacial score (nSPS) is 25.4. The van der Waals surface area contributed by atoms with Gasteiger partial charge in [-0.05, 0) is 37.7 Å². The Kier molecular flexibility index (Phi) is 5.42. The molecule has 1 saturated carbocycles. The Morgan fingerprint density at radius 2 is 1.90 bits per heavy atom. The van der Waals surface area contributed by atoms with E-state index in [-0.39, 0.29) is 24.0 Å². The second-order valence-corrected chi connectivity index (χ2v) is 7.56. The fourth-order valence-corrected chi connectivity index (χ4v) is 4.34. The predicted molar refractivity (Wildman–Crippen MR) is 107 cm³/mol. The molecule has 2 aromatic rings. The van der Waals surface area contributed by atoms with Crippen LogP contribution in [-0.2, 0) is 9.73 Å². The molecule has 1 aliphatic carbocycles. The molecule has 4 rings (SSSR count). The van der Waals surface area contributed by atoms with Gasteiger partial charge in [-0.2, -0.15) is 10.0 Å². The summed E-state index contributed by atoms with van der Waals surface area (Å²) in [5.41, 5.74) is 0.796. The molecular weight excluding hydrogens is 374 g/mol. The van der Waals surface area contributed by atoms with Gasteiger partial charge in [-0.15, -0.1) is 0 Å². The van der Waals surface area contributed by atoms with E-state index in [4.69, 9.17) is 14.4 Å². The number of hydroxylamine groups is 4. The van der Waals surface area contributed by atoms with Crippen LogP contribution >= 0.6 is 0 Å². The molecule has 1 unspecified atom stereocenters. The average molecular weight is 401 g/mol. The van der Waals surface area contributed by atoms with Crippen molar-refractivity contribution in [3.8, 4) is 11.5 Å². The van der Waals surface area contributed by atoms with E-state index in [0.717, 1.165) is 42.4 Å². The molecule has 156 valence electrons. The number of aromatic nitrogens is 2. The Balaban J connectivity index is 1.48. The van der Waals surface area contributed by atoms with Crippen LogP contribution in [0.4, 0.5) is 5.82 Å². The topological polar surface area (TPSA) is 89.0 Å². The standard InChI is InChI=1S/C20H27N5O4/c1-21-19-14-9-17(16(27-4)10-15(14)22-11-23-19)28-13-7-5-12(6-8-13)18-20(26)25(3)29-24(18)2/h9-13,18H,5-8H2,1-4H3,(H,21,22,23). The van der Waals surface area contributed by atoms with Gasteiger partial charge in [-0.3, -0.25) is 4.79 Å². The van der Waals surface area contributed by atoms with Crippen LogP contribution in [0.15, 0.2) is 18.5 Å². The predicted octanol–water partition coefficient (Wildman–Crippen LogP) is 2.24. The van der Waals surface area contributed by atoms with Gasteiger partial charge in [0, 0.05) is 32.6 Å². The van der Waals surface area contributed by atoms with Gasteiger partial charge >= 0.3 is 0 Å². The van der Waals surface area contributed by atoms with Gasteiger partial charge in [0.1, 0.15) is 18.2 Å². The lowest BCUT2D eigenvalue weighted by atomic mass is 9.82. The highest BCUT2D eigenvalue weighted by Crippen LogP contribution is 2.38. The Morgan fingerprint density at radius 3 is 2.52 bits per heavy atom. The number of rotatable bonds is 5. The molecule has 9 heteroatoms. The lowest BCUT2D eigenvalue weighted by molar-refractivity contribution is -0.254. The highest BCUT2D eigenvalue weighted by atomic mass is 16.9. The molecule has 9 nitrogen and oxygen atoms in total. The summed E-state index contributed by atoms with van der Waals surface area (Å²) in [6.45, 7) is 0. The third kappa shape index (κ3) is 3.67. The molecule has 1 saturated heterocycles. The number of likely N-dealkylation sites (N-methyl/N-ethyl adjacent to an activating group) is 2. The number of fused-ring (bicyclic) bond motifs is 1. The first-order valence-electron chi connectivity index (χ1n) is 9.87. The van der Waals surface area contributed by atoms with Crippen molar-refractivity contribution in [1.29, 1.82) is 0 Å². The summed E-state index contributed by atoms with van der Waals surface area (Å²) in [5.74, 6) is 2.37. The van der Waals surface area contributed by atoms with Gasteiger partial charge in [0.15, 0.2) is 11.5 Å². The van der Waals surface area contributed by atoms with Crippen molar-refractivity contribution in [3.05, 3.63) is 18.5 Å². The number of hydrogen-bond acceptors (Lipinski definition) is 8. The maximum absolute atomic E-state index is 12.3. The zero-order valence-corrected chi connectivity index (χ0v) is 17.2. The fourth-order valence-electron chi connectivity index (χ4n) is 4.34. The van der Waals surface area contributed by atoms with Crippen LogP contribution in [0.1, 0.15) is 25.7 Å². The quantitative estimate of drug-likeness (QED) is 0.816. The highest BCUT2D eigenvalue weighted by molar-refractivity contribution is 5.91. The molecule has 1 amide bonds. The third-order valence-electron chi connectivity index (χ3n) is 5.82. The Hall–Kier alpha value is -2.65. The molecular formula is C20H27N5O4. The van der Waals surface area contributed by atoms with Crippen molar-refractivity contribution < 1.29 is 19.2 Å². The minimum atomic E-state index is -0.216. The summed E-state index contributed by atoms with van der Waals surface area (Å²) in [5, 5.41) is 6.95. The lowest BCUT2D eigenvalue weighted by Crippen LogP contribution is -2.40. The molecule has 2 fully saturated rings. The molecule has 1 N–H and O–H groups in total. The summed E-state index contributed by atoms with van der Waals surface area (Å²) >= 11 is 0. The summed E-state index contributed by atoms with van der Waals surface area (Å²) in [7, 11) is 6.93. The highest BCUT2D eigenvalue weighted by Gasteiger charge is 2.43. The zero-order valence-electron chi connectivity index (χ0n) is 17.2. The van der Waals surface area contributed by atoms with Crippen LogP contribution in [0.2, 0.25) is 0 Å². The third-order valence-corrected chi connectivity index (χ3v) is 5.82. The van der Waals surface area contributed by atoms with E-state index in [1.807, 2.05) is 26.2 Å². The largest absolute Gasteiger partial charge is 0.493 e. The Morgan fingerprint density at radius 1 is 1.14 bits per heavy atom. The smallest absolute Gasteiger partial charge is 0.267 e. The number of nitrogens with one attached hydrogen (secondary N) is 1. The van der Waals surface area contributed by atoms with E-state index in [9.17, 15) is 4.79 Å². The number of hydrogen-bond donors (Lipinski definition) is 1. The maximum Gasteiger partial charge on any atom is 0.267 e. The minimum absolute atomic E-state index is 0.0210. The first kappa shape index (κ1) is 19.7. The molecule has 29 heavy (non-hydrogen) atoms. The number of anilines is 1. The summed E-state index contributed by atoms with van der Waals surface area (Å²) in [6, 6.07) is 3.59. The molecule has 0 bridgehead atoms. The molecule has 1 atom stereocenters. The summed E-state index contributed by atoms with van der Waals surface area (Å²) < 4.78 is 11.9. The van der Waals surface area contributed by atoms with Crippen molar-refractivity contribution in [2.45, 2.75) is 37.8 Å². The second kappa shape index (κ2) is 8.00. The van der Waals surface area contributed by atoms with E-state index in [2.05, 4.69) is 15.3 Å². The SMILES string of the molecule is CNc1ncnc2cc(OC)c(OC3CCC(C4C(=O)N(C)ON4C)CC3)cc12. The maximum atomic E-state index is 12.3. The van der Waals surface area contributed by atoms with Crippen LogP contribution in [0, 0.1) is 5.92 Å². The number of carbonyl (C=O) groups is 1. The van der Waals surface area contributed by atoms with Gasteiger partial charge in [-0.1, -0.05) is 0 Å². The Bertz CT molecular complexity index is 900. The van der Waals surface area contributed by atoms with E-state index >= 15 is 0 Å². The van der Waals surface area contributed by atoms with Crippen LogP contribution in [0.5, 0.6) is 11.5 Å². The molecule has 1 aromatic carbocycles. The van der Waals surface area contributed by atoms with Crippen LogP contribution in [0.3, 0.4) is 0 Å². The number of methoxy groups -OCH3 is 1. The van der Waals surface area contributed by atoms with E-state index in [1.54, 1.807) is 19.2 Å². The van der Waals surface area contributed by atoms with Crippen LogP contribution < -0.4 is 14.8 Å². The molecule has 2 heterocycles. The van der Waals surface area contributed by atoms with Gasteiger partial charge in [0.05, 0.1) is 18.7 Å². The van der Waals surface area contributed by atoms with E-state index < -0.39 is 0 Å². The van der Waals surface area contributed by atoms with Crippen molar-refractivity contribution in [2.75, 3.05) is 33.6 Å².